The van der Waals surface area contributed by atoms with Crippen molar-refractivity contribution in [1.82, 2.24) is 10.6 Å². The van der Waals surface area contributed by atoms with E-state index in [1.165, 1.54) is 6.42 Å². The summed E-state index contributed by atoms with van der Waals surface area (Å²) in [6.45, 7) is 1.72. The van der Waals surface area contributed by atoms with E-state index in [9.17, 15) is 14.4 Å². The Morgan fingerprint density at radius 1 is 1.09 bits per heavy atom. The Bertz CT molecular complexity index is 1090. The summed E-state index contributed by atoms with van der Waals surface area (Å²) in [5, 5.41) is 20.0. The van der Waals surface area contributed by atoms with E-state index in [0.717, 1.165) is 31.2 Å². The van der Waals surface area contributed by atoms with Gasteiger partial charge in [0, 0.05) is 11.3 Å². The van der Waals surface area contributed by atoms with E-state index < -0.39 is 18.0 Å². The van der Waals surface area contributed by atoms with Gasteiger partial charge in [0.15, 0.2) is 0 Å². The van der Waals surface area contributed by atoms with Crippen molar-refractivity contribution in [2.45, 2.75) is 51.5 Å². The van der Waals surface area contributed by atoms with Crippen LogP contribution in [0.4, 0.5) is 16.2 Å². The number of amides is 4. The van der Waals surface area contributed by atoms with Gasteiger partial charge >= 0.3 is 6.03 Å². The SMILES string of the molecule is Cc1cccc(Cl)c1NC(=O)Nc1cccc(C(=O)N[C@@H](CC2CCCCC2)C(=O)NCC#N)c1. The fourth-order valence-electron chi connectivity index (χ4n) is 4.28. The van der Waals surface area contributed by atoms with Gasteiger partial charge in [0.1, 0.15) is 12.6 Å². The third kappa shape index (κ3) is 7.72. The number of aryl methyl sites for hydroxylation is 1. The summed E-state index contributed by atoms with van der Waals surface area (Å²) >= 11 is 6.17. The highest BCUT2D eigenvalue weighted by molar-refractivity contribution is 6.34. The number of anilines is 2. The van der Waals surface area contributed by atoms with E-state index in [-0.39, 0.29) is 12.5 Å². The van der Waals surface area contributed by atoms with E-state index in [1.54, 1.807) is 36.4 Å². The molecule has 0 saturated heterocycles. The van der Waals surface area contributed by atoms with Crippen molar-refractivity contribution >= 4 is 40.8 Å². The summed E-state index contributed by atoms with van der Waals surface area (Å²) < 4.78 is 0. The zero-order valence-electron chi connectivity index (χ0n) is 19.7. The van der Waals surface area contributed by atoms with Crippen molar-refractivity contribution in [2.24, 2.45) is 5.92 Å². The van der Waals surface area contributed by atoms with Crippen LogP contribution < -0.4 is 21.3 Å². The van der Waals surface area contributed by atoms with Crippen LogP contribution in [0, 0.1) is 24.2 Å². The van der Waals surface area contributed by atoms with Crippen LogP contribution in [0.5, 0.6) is 0 Å². The molecule has 0 unspecified atom stereocenters. The molecule has 0 aromatic heterocycles. The summed E-state index contributed by atoms with van der Waals surface area (Å²) in [4.78, 5) is 38.1. The molecule has 4 N–H and O–H groups in total. The molecule has 0 bridgehead atoms. The topological polar surface area (TPSA) is 123 Å². The lowest BCUT2D eigenvalue weighted by Gasteiger charge is -2.26. The molecule has 0 spiro atoms. The van der Waals surface area contributed by atoms with Gasteiger partial charge in [-0.2, -0.15) is 5.26 Å². The number of hydrogen-bond donors (Lipinski definition) is 4. The summed E-state index contributed by atoms with van der Waals surface area (Å²) in [6.07, 6.45) is 6.01. The number of urea groups is 1. The molecule has 3 rings (SSSR count). The predicted octanol–water partition coefficient (Wildman–Crippen LogP) is 5.00. The summed E-state index contributed by atoms with van der Waals surface area (Å²) in [5.74, 6) is -0.440. The molecular weight excluding hydrogens is 466 g/mol. The molecule has 9 heteroatoms. The quantitative estimate of drug-likeness (QED) is 0.385. The van der Waals surface area contributed by atoms with E-state index >= 15 is 0 Å². The van der Waals surface area contributed by atoms with Crippen LogP contribution in [-0.4, -0.2) is 30.4 Å². The van der Waals surface area contributed by atoms with Gasteiger partial charge in [0.2, 0.25) is 5.91 Å². The Morgan fingerprint density at radius 2 is 1.83 bits per heavy atom. The number of benzene rings is 2. The number of carbonyl (C=O) groups is 3. The monoisotopic (exact) mass is 495 g/mol. The van der Waals surface area contributed by atoms with Crippen LogP contribution in [0.25, 0.3) is 0 Å². The minimum atomic E-state index is -0.734. The first-order valence-electron chi connectivity index (χ1n) is 11.8. The number of nitriles is 1. The van der Waals surface area contributed by atoms with Crippen molar-refractivity contribution in [3.05, 3.63) is 58.6 Å². The maximum absolute atomic E-state index is 13.0. The minimum absolute atomic E-state index is 0.116. The largest absolute Gasteiger partial charge is 0.341 e. The fourth-order valence-corrected chi connectivity index (χ4v) is 4.55. The van der Waals surface area contributed by atoms with E-state index in [1.807, 2.05) is 19.1 Å². The second kappa shape index (κ2) is 12.8. The highest BCUT2D eigenvalue weighted by atomic mass is 35.5. The predicted molar refractivity (Wildman–Crippen MR) is 136 cm³/mol. The first kappa shape index (κ1) is 26.0. The molecule has 1 atom stereocenters. The van der Waals surface area contributed by atoms with Gasteiger partial charge in [-0.3, -0.25) is 9.59 Å². The van der Waals surface area contributed by atoms with Crippen molar-refractivity contribution < 1.29 is 14.4 Å². The van der Waals surface area contributed by atoms with E-state index in [0.29, 0.717) is 34.3 Å². The Balaban J connectivity index is 1.66. The van der Waals surface area contributed by atoms with Gasteiger partial charge in [0.25, 0.3) is 5.91 Å². The van der Waals surface area contributed by atoms with Gasteiger partial charge in [0.05, 0.1) is 16.8 Å². The fraction of sp³-hybridized carbons (Fsp3) is 0.385. The minimum Gasteiger partial charge on any atom is -0.341 e. The third-order valence-electron chi connectivity index (χ3n) is 6.10. The molecule has 0 radical (unpaired) electrons. The van der Waals surface area contributed by atoms with Crippen LogP contribution >= 0.6 is 11.6 Å². The summed E-state index contributed by atoms with van der Waals surface area (Å²) in [6, 6.07) is 12.4. The molecule has 184 valence electrons. The number of para-hydroxylation sites is 1. The zero-order valence-corrected chi connectivity index (χ0v) is 20.5. The second-order valence-corrected chi connectivity index (χ2v) is 9.14. The number of nitrogens with zero attached hydrogens (tertiary/aromatic N) is 1. The molecule has 1 fully saturated rings. The zero-order chi connectivity index (χ0) is 25.2. The van der Waals surface area contributed by atoms with Crippen molar-refractivity contribution in [1.29, 1.82) is 5.26 Å². The van der Waals surface area contributed by atoms with Gasteiger partial charge in [-0.15, -0.1) is 0 Å². The second-order valence-electron chi connectivity index (χ2n) is 8.73. The van der Waals surface area contributed by atoms with Gasteiger partial charge in [-0.25, -0.2) is 4.79 Å². The molecule has 35 heavy (non-hydrogen) atoms. The average Bonchev–Trinajstić information content (AvgIpc) is 2.85. The van der Waals surface area contributed by atoms with Crippen LogP contribution in [0.2, 0.25) is 5.02 Å². The Hall–Kier alpha value is -3.57. The molecular formula is C26H30ClN5O3. The number of carbonyl (C=O) groups excluding carboxylic acids is 3. The van der Waals surface area contributed by atoms with Gasteiger partial charge in [-0.05, 0) is 49.1 Å². The average molecular weight is 496 g/mol. The van der Waals surface area contributed by atoms with E-state index in [4.69, 9.17) is 16.9 Å². The number of hydrogen-bond acceptors (Lipinski definition) is 4. The van der Waals surface area contributed by atoms with Crippen LogP contribution in [0.1, 0.15) is 54.4 Å². The van der Waals surface area contributed by atoms with Gasteiger partial charge < -0.3 is 21.3 Å². The lowest BCUT2D eigenvalue weighted by molar-refractivity contribution is -0.123. The summed E-state index contributed by atoms with van der Waals surface area (Å²) in [5.41, 5.74) is 2.05. The third-order valence-corrected chi connectivity index (χ3v) is 6.42. The number of halogens is 1. The van der Waals surface area contributed by atoms with Crippen LogP contribution in [0.3, 0.4) is 0 Å². The summed E-state index contributed by atoms with van der Waals surface area (Å²) in [7, 11) is 0. The molecule has 1 aliphatic carbocycles. The lowest BCUT2D eigenvalue weighted by atomic mass is 9.84. The van der Waals surface area contributed by atoms with Gasteiger partial charge in [-0.1, -0.05) is 61.9 Å². The van der Waals surface area contributed by atoms with Crippen molar-refractivity contribution in [2.75, 3.05) is 17.2 Å². The van der Waals surface area contributed by atoms with E-state index in [2.05, 4.69) is 21.3 Å². The lowest BCUT2D eigenvalue weighted by Crippen LogP contribution is -2.48. The van der Waals surface area contributed by atoms with Crippen LogP contribution in [0.15, 0.2) is 42.5 Å². The molecule has 2 aromatic rings. The normalized spacial score (nSPS) is 14.3. The maximum Gasteiger partial charge on any atom is 0.323 e. The highest BCUT2D eigenvalue weighted by Crippen LogP contribution is 2.28. The molecule has 0 heterocycles. The first-order valence-corrected chi connectivity index (χ1v) is 12.1. The molecule has 4 amide bonds. The molecule has 2 aromatic carbocycles. The molecule has 1 saturated carbocycles. The molecule has 8 nitrogen and oxygen atoms in total. The highest BCUT2D eigenvalue weighted by Gasteiger charge is 2.26. The number of rotatable bonds is 8. The maximum atomic E-state index is 13.0. The molecule has 1 aliphatic rings. The smallest absolute Gasteiger partial charge is 0.323 e. The first-order chi connectivity index (χ1) is 16.9. The van der Waals surface area contributed by atoms with Crippen molar-refractivity contribution in [3.63, 3.8) is 0 Å². The number of nitrogens with one attached hydrogen (secondary N) is 4. The van der Waals surface area contributed by atoms with Crippen molar-refractivity contribution in [3.8, 4) is 6.07 Å². The molecule has 0 aliphatic heterocycles. The van der Waals surface area contributed by atoms with Crippen LogP contribution in [-0.2, 0) is 4.79 Å². The standard InChI is InChI=1S/C26H30ClN5O3/c1-17-7-5-12-21(27)23(17)32-26(35)30-20-11-6-10-19(16-20)24(33)31-22(25(34)29-14-13-28)15-18-8-3-2-4-9-18/h5-7,10-12,16,18,22H,2-4,8-9,14-15H2,1H3,(H,29,34)(H,31,33)(H2,30,32,35)/t22-/m0/s1. The Morgan fingerprint density at radius 3 is 2.54 bits per heavy atom. The Labute approximate surface area is 210 Å². The Kier molecular flexibility index (Phi) is 9.50.